The minimum absolute atomic E-state index is 0.530. The topological polar surface area (TPSA) is 15.3 Å². The first-order chi connectivity index (χ1) is 9.06. The zero-order valence-corrected chi connectivity index (χ0v) is 13.3. The summed E-state index contributed by atoms with van der Waals surface area (Å²) in [5, 5.41) is 4.97. The molecular weight excluding hydrogens is 252 g/mol. The normalized spacial score (nSPS) is 23.9. The van der Waals surface area contributed by atoms with Crippen molar-refractivity contribution in [1.82, 2.24) is 5.32 Å². The lowest BCUT2D eigenvalue weighted by atomic mass is 10.1. The fraction of sp³-hybridized carbons (Fsp3) is 0.625. The van der Waals surface area contributed by atoms with Crippen LogP contribution in [-0.2, 0) is 6.54 Å². The predicted molar refractivity (Wildman–Crippen MR) is 87.1 cm³/mol. The van der Waals surface area contributed by atoms with Crippen molar-refractivity contribution in [2.24, 2.45) is 0 Å². The second-order valence-electron chi connectivity index (χ2n) is 5.83. The largest absolute Gasteiger partial charge is 0.369 e. The number of thioether (sulfide) groups is 1. The number of nitrogens with zero attached hydrogens (tertiary/aromatic N) is 1. The van der Waals surface area contributed by atoms with Gasteiger partial charge in [0.25, 0.3) is 0 Å². The third kappa shape index (κ3) is 4.15. The van der Waals surface area contributed by atoms with Crippen LogP contribution in [0.2, 0.25) is 0 Å². The monoisotopic (exact) mass is 278 g/mol. The van der Waals surface area contributed by atoms with Gasteiger partial charge in [-0.3, -0.25) is 0 Å². The summed E-state index contributed by atoms with van der Waals surface area (Å²) in [5.41, 5.74) is 2.83. The maximum Gasteiger partial charge on any atom is 0.0412 e. The van der Waals surface area contributed by atoms with E-state index in [4.69, 9.17) is 0 Å². The summed E-state index contributed by atoms with van der Waals surface area (Å²) >= 11 is 2.11. The van der Waals surface area contributed by atoms with E-state index in [1.807, 2.05) is 0 Å². The number of hydrogen-bond acceptors (Lipinski definition) is 3. The lowest BCUT2D eigenvalue weighted by Crippen LogP contribution is -2.41. The first-order valence-electron chi connectivity index (χ1n) is 7.28. The van der Waals surface area contributed by atoms with Crippen molar-refractivity contribution in [2.45, 2.75) is 50.8 Å². The van der Waals surface area contributed by atoms with Gasteiger partial charge in [-0.05, 0) is 11.6 Å². The first-order valence-corrected chi connectivity index (χ1v) is 8.22. The summed E-state index contributed by atoms with van der Waals surface area (Å²) in [6.07, 6.45) is 0. The van der Waals surface area contributed by atoms with Crippen LogP contribution >= 0.6 is 11.8 Å². The molecule has 2 atom stereocenters. The zero-order chi connectivity index (χ0) is 13.8. The Kier molecular flexibility index (Phi) is 5.17. The molecule has 0 saturated carbocycles. The molecule has 0 aromatic heterocycles. The minimum Gasteiger partial charge on any atom is -0.369 e. The number of nitrogens with one attached hydrogen (secondary N) is 1. The van der Waals surface area contributed by atoms with Crippen molar-refractivity contribution in [3.8, 4) is 0 Å². The number of rotatable bonds is 4. The number of hydrogen-bond donors (Lipinski definition) is 1. The highest BCUT2D eigenvalue weighted by atomic mass is 32.2. The van der Waals surface area contributed by atoms with Crippen LogP contribution in [0.4, 0.5) is 5.69 Å². The van der Waals surface area contributed by atoms with Gasteiger partial charge < -0.3 is 10.2 Å². The van der Waals surface area contributed by atoms with Crippen LogP contribution in [-0.4, -0.2) is 29.6 Å². The fourth-order valence-electron chi connectivity index (χ4n) is 2.66. The Morgan fingerprint density at radius 3 is 2.47 bits per heavy atom. The molecule has 0 radical (unpaired) electrons. The van der Waals surface area contributed by atoms with Crippen LogP contribution in [0.3, 0.4) is 0 Å². The van der Waals surface area contributed by atoms with Gasteiger partial charge in [0.2, 0.25) is 0 Å². The Morgan fingerprint density at radius 1 is 1.21 bits per heavy atom. The summed E-state index contributed by atoms with van der Waals surface area (Å²) in [6, 6.07) is 9.36. The maximum absolute atomic E-state index is 3.53. The molecule has 2 nitrogen and oxygen atoms in total. The Morgan fingerprint density at radius 2 is 1.84 bits per heavy atom. The van der Waals surface area contributed by atoms with Crippen molar-refractivity contribution in [3.63, 3.8) is 0 Å². The highest BCUT2D eigenvalue weighted by molar-refractivity contribution is 8.00. The third-order valence-corrected chi connectivity index (χ3v) is 4.68. The molecule has 106 valence electrons. The number of anilines is 1. The molecule has 2 rings (SSSR count). The van der Waals surface area contributed by atoms with Crippen LogP contribution in [0.15, 0.2) is 24.3 Å². The van der Waals surface area contributed by atoms with E-state index in [1.54, 1.807) is 0 Å². The molecule has 19 heavy (non-hydrogen) atoms. The lowest BCUT2D eigenvalue weighted by molar-refractivity contribution is 0.587. The maximum atomic E-state index is 3.53. The summed E-state index contributed by atoms with van der Waals surface area (Å²) < 4.78 is 0. The van der Waals surface area contributed by atoms with E-state index in [0.717, 1.165) is 30.1 Å². The first kappa shape index (κ1) is 14.7. The van der Waals surface area contributed by atoms with Gasteiger partial charge in [-0.2, -0.15) is 11.8 Å². The molecule has 1 N–H and O–H groups in total. The highest BCUT2D eigenvalue weighted by Gasteiger charge is 2.23. The molecule has 2 unspecified atom stereocenters. The lowest BCUT2D eigenvalue weighted by Gasteiger charge is -2.37. The molecule has 1 aromatic carbocycles. The fourth-order valence-corrected chi connectivity index (χ4v) is 3.98. The molecule has 1 saturated heterocycles. The minimum atomic E-state index is 0.530. The van der Waals surface area contributed by atoms with Crippen molar-refractivity contribution in [3.05, 3.63) is 29.8 Å². The van der Waals surface area contributed by atoms with E-state index < -0.39 is 0 Å². The SMILES string of the molecule is CC(C)NCc1ccccc1N1CC(C)SC(C)C1. The van der Waals surface area contributed by atoms with E-state index in [-0.39, 0.29) is 0 Å². The Hall–Kier alpha value is -0.670. The zero-order valence-electron chi connectivity index (χ0n) is 12.5. The second kappa shape index (κ2) is 6.67. The smallest absolute Gasteiger partial charge is 0.0412 e. The number of para-hydroxylation sites is 1. The molecule has 1 aliphatic rings. The van der Waals surface area contributed by atoms with Crippen molar-refractivity contribution >= 4 is 17.4 Å². The number of benzene rings is 1. The second-order valence-corrected chi connectivity index (χ2v) is 7.71. The Balaban J connectivity index is 2.14. The van der Waals surface area contributed by atoms with Gasteiger partial charge in [0, 0.05) is 41.9 Å². The molecule has 0 aliphatic carbocycles. The highest BCUT2D eigenvalue weighted by Crippen LogP contribution is 2.30. The van der Waals surface area contributed by atoms with Gasteiger partial charge in [-0.25, -0.2) is 0 Å². The van der Waals surface area contributed by atoms with Crippen LogP contribution < -0.4 is 10.2 Å². The van der Waals surface area contributed by atoms with Gasteiger partial charge in [0.1, 0.15) is 0 Å². The average Bonchev–Trinajstić information content (AvgIpc) is 2.35. The van der Waals surface area contributed by atoms with Crippen LogP contribution in [0.5, 0.6) is 0 Å². The molecule has 1 aromatic rings. The predicted octanol–water partition coefficient (Wildman–Crippen LogP) is 3.51. The molecule has 1 fully saturated rings. The van der Waals surface area contributed by atoms with E-state index in [0.29, 0.717) is 6.04 Å². The molecule has 0 spiro atoms. The van der Waals surface area contributed by atoms with Gasteiger partial charge >= 0.3 is 0 Å². The van der Waals surface area contributed by atoms with E-state index >= 15 is 0 Å². The van der Waals surface area contributed by atoms with Gasteiger partial charge in [-0.1, -0.05) is 45.9 Å². The van der Waals surface area contributed by atoms with Crippen molar-refractivity contribution in [1.29, 1.82) is 0 Å². The third-order valence-electron chi connectivity index (χ3n) is 3.45. The molecule has 0 bridgehead atoms. The summed E-state index contributed by atoms with van der Waals surface area (Å²) in [4.78, 5) is 2.56. The molecule has 0 amide bonds. The van der Waals surface area contributed by atoms with Crippen LogP contribution in [0.25, 0.3) is 0 Å². The van der Waals surface area contributed by atoms with Gasteiger partial charge in [-0.15, -0.1) is 0 Å². The van der Waals surface area contributed by atoms with Crippen molar-refractivity contribution in [2.75, 3.05) is 18.0 Å². The summed E-state index contributed by atoms with van der Waals surface area (Å²) in [5.74, 6) is 0. The van der Waals surface area contributed by atoms with Crippen LogP contribution in [0, 0.1) is 0 Å². The molecule has 3 heteroatoms. The molecule has 1 heterocycles. The Labute approximate surface area is 122 Å². The molecule has 1 aliphatic heterocycles. The van der Waals surface area contributed by atoms with Gasteiger partial charge in [0.05, 0.1) is 0 Å². The van der Waals surface area contributed by atoms with E-state index in [1.165, 1.54) is 11.3 Å². The van der Waals surface area contributed by atoms with Crippen molar-refractivity contribution < 1.29 is 0 Å². The standard InChI is InChI=1S/C16H26N2S/c1-12(2)17-9-15-7-5-6-8-16(15)18-10-13(3)19-14(4)11-18/h5-8,12-14,17H,9-11H2,1-4H3. The molecular formula is C16H26N2S. The van der Waals surface area contributed by atoms with Gasteiger partial charge in [0.15, 0.2) is 0 Å². The quantitative estimate of drug-likeness (QED) is 0.907. The van der Waals surface area contributed by atoms with E-state index in [2.05, 4.69) is 73.9 Å². The summed E-state index contributed by atoms with van der Waals surface area (Å²) in [6.45, 7) is 12.3. The van der Waals surface area contributed by atoms with Crippen LogP contribution in [0.1, 0.15) is 33.3 Å². The average molecular weight is 278 g/mol. The van der Waals surface area contributed by atoms with E-state index in [9.17, 15) is 0 Å². The Bertz CT molecular complexity index is 395. The summed E-state index contributed by atoms with van der Waals surface area (Å²) in [7, 11) is 0.